The van der Waals surface area contributed by atoms with Crippen molar-refractivity contribution >= 4 is 50.8 Å². The number of rotatable bonds is 0. The Morgan fingerprint density at radius 2 is 2.10 bits per heavy atom. The second-order valence-corrected chi connectivity index (χ2v) is 5.80. The van der Waals surface area contributed by atoms with Crippen LogP contribution < -0.4 is 10.2 Å². The predicted octanol–water partition coefficient (Wildman–Crippen LogP) is 3.53. The maximum absolute atomic E-state index is 12.3. The molecule has 3 rings (SSSR count). The molecule has 1 aliphatic rings. The number of carbonyl (C=O) groups is 1. The molecule has 1 amide bonds. The average Bonchev–Trinajstić information content (AvgIpc) is 2.49. The zero-order valence-electron chi connectivity index (χ0n) is 10.7. The van der Waals surface area contributed by atoms with Crippen molar-refractivity contribution in [1.82, 2.24) is 9.97 Å². The lowest BCUT2D eigenvalue weighted by Gasteiger charge is -2.19. The lowest BCUT2D eigenvalue weighted by molar-refractivity contribution is 0.102. The summed E-state index contributed by atoms with van der Waals surface area (Å²) in [5.74, 6) is 0.905. The zero-order valence-corrected chi connectivity index (χ0v) is 13.1. The minimum absolute atomic E-state index is 0.216. The molecule has 0 aliphatic carbocycles. The Morgan fingerprint density at radius 3 is 2.85 bits per heavy atom. The minimum atomic E-state index is -0.216. The topological polar surface area (TPSA) is 58.1 Å². The van der Waals surface area contributed by atoms with E-state index in [-0.39, 0.29) is 5.91 Å². The molecular weight excluding hydrogens is 344 g/mol. The fourth-order valence-electron chi connectivity index (χ4n) is 2.16. The number of aromatic nitrogens is 2. The van der Waals surface area contributed by atoms with Crippen molar-refractivity contribution in [3.63, 3.8) is 0 Å². The molecule has 102 valence electrons. The summed E-state index contributed by atoms with van der Waals surface area (Å²) in [6, 6.07) is 3.45. The van der Waals surface area contributed by atoms with E-state index in [1.54, 1.807) is 23.2 Å². The summed E-state index contributed by atoms with van der Waals surface area (Å²) in [7, 11) is 1.81. The van der Waals surface area contributed by atoms with Crippen LogP contribution in [0.1, 0.15) is 15.9 Å². The molecule has 0 aromatic carbocycles. The van der Waals surface area contributed by atoms with Crippen LogP contribution in [-0.2, 0) is 0 Å². The number of nitrogens with zero attached hydrogens (tertiary/aromatic N) is 3. The third-order valence-corrected chi connectivity index (χ3v) is 3.75. The number of carbonyl (C=O) groups excluding carboxylic acids is 1. The average molecular weight is 354 g/mol. The molecular formula is C13H10BrClN4O. The molecule has 3 heterocycles. The highest BCUT2D eigenvalue weighted by atomic mass is 79.9. The van der Waals surface area contributed by atoms with Crippen LogP contribution >= 0.6 is 27.5 Å². The fourth-order valence-corrected chi connectivity index (χ4v) is 2.74. The SMILES string of the molecule is Cc1cc(Cl)nc2c1NC(=O)c1cc(Br)cnc1N2C. The van der Waals surface area contributed by atoms with Crippen LogP contribution in [0.3, 0.4) is 0 Å². The lowest BCUT2D eigenvalue weighted by atomic mass is 10.2. The van der Waals surface area contributed by atoms with Gasteiger partial charge in [0, 0.05) is 17.7 Å². The molecule has 20 heavy (non-hydrogen) atoms. The molecule has 0 saturated heterocycles. The minimum Gasteiger partial charge on any atom is -0.318 e. The van der Waals surface area contributed by atoms with Gasteiger partial charge >= 0.3 is 0 Å². The highest BCUT2D eigenvalue weighted by molar-refractivity contribution is 9.10. The second kappa shape index (κ2) is 4.71. The van der Waals surface area contributed by atoms with Gasteiger partial charge in [0.25, 0.3) is 5.91 Å². The molecule has 1 N–H and O–H groups in total. The first kappa shape index (κ1) is 13.3. The summed E-state index contributed by atoms with van der Waals surface area (Å²) in [5, 5.41) is 3.25. The monoisotopic (exact) mass is 352 g/mol. The Morgan fingerprint density at radius 1 is 1.35 bits per heavy atom. The molecule has 0 atom stereocenters. The van der Waals surface area contributed by atoms with Crippen LogP contribution in [0.5, 0.6) is 0 Å². The fraction of sp³-hybridized carbons (Fsp3) is 0.154. The van der Waals surface area contributed by atoms with E-state index in [1.807, 2.05) is 14.0 Å². The summed E-state index contributed by atoms with van der Waals surface area (Å²) in [5.41, 5.74) is 1.98. The van der Waals surface area contributed by atoms with Crippen molar-refractivity contribution in [2.24, 2.45) is 0 Å². The van der Waals surface area contributed by atoms with Gasteiger partial charge in [0.2, 0.25) is 0 Å². The van der Waals surface area contributed by atoms with Gasteiger partial charge in [-0.05, 0) is 40.5 Å². The Kier molecular flexibility index (Phi) is 3.14. The van der Waals surface area contributed by atoms with Crippen molar-refractivity contribution in [2.75, 3.05) is 17.3 Å². The normalized spacial score (nSPS) is 13.4. The van der Waals surface area contributed by atoms with Gasteiger partial charge < -0.3 is 10.2 Å². The largest absolute Gasteiger partial charge is 0.318 e. The Labute approximate surface area is 129 Å². The van der Waals surface area contributed by atoms with Crippen LogP contribution in [0.4, 0.5) is 17.3 Å². The van der Waals surface area contributed by atoms with Crippen molar-refractivity contribution in [1.29, 1.82) is 0 Å². The van der Waals surface area contributed by atoms with E-state index < -0.39 is 0 Å². The highest BCUT2D eigenvalue weighted by Gasteiger charge is 2.26. The van der Waals surface area contributed by atoms with Gasteiger partial charge in [-0.1, -0.05) is 11.6 Å². The van der Waals surface area contributed by atoms with Gasteiger partial charge in [0.15, 0.2) is 5.82 Å². The molecule has 0 fully saturated rings. The second-order valence-electron chi connectivity index (χ2n) is 4.50. The molecule has 5 nitrogen and oxygen atoms in total. The molecule has 0 unspecified atom stereocenters. The number of amides is 1. The van der Waals surface area contributed by atoms with E-state index in [2.05, 4.69) is 31.2 Å². The molecule has 2 aromatic heterocycles. The smallest absolute Gasteiger partial charge is 0.259 e. The van der Waals surface area contributed by atoms with E-state index in [1.165, 1.54) is 0 Å². The molecule has 2 aromatic rings. The molecule has 0 spiro atoms. The maximum Gasteiger partial charge on any atom is 0.259 e. The van der Waals surface area contributed by atoms with Crippen LogP contribution in [0, 0.1) is 6.92 Å². The lowest BCUT2D eigenvalue weighted by Crippen LogP contribution is -2.14. The molecule has 0 radical (unpaired) electrons. The van der Waals surface area contributed by atoms with Gasteiger partial charge in [-0.25, -0.2) is 9.97 Å². The van der Waals surface area contributed by atoms with E-state index in [0.717, 1.165) is 10.0 Å². The van der Waals surface area contributed by atoms with Gasteiger partial charge in [0.1, 0.15) is 11.0 Å². The Bertz CT molecular complexity index is 735. The number of nitrogens with one attached hydrogen (secondary N) is 1. The van der Waals surface area contributed by atoms with Gasteiger partial charge in [-0.15, -0.1) is 0 Å². The van der Waals surface area contributed by atoms with E-state index in [4.69, 9.17) is 11.6 Å². The number of aryl methyl sites for hydroxylation is 1. The maximum atomic E-state index is 12.3. The van der Waals surface area contributed by atoms with E-state index in [0.29, 0.717) is 28.0 Å². The zero-order chi connectivity index (χ0) is 14.4. The number of fused-ring (bicyclic) bond motifs is 2. The Balaban J connectivity index is 2.28. The van der Waals surface area contributed by atoms with Crippen LogP contribution in [-0.4, -0.2) is 22.9 Å². The number of hydrogen-bond acceptors (Lipinski definition) is 4. The third kappa shape index (κ3) is 2.05. The van der Waals surface area contributed by atoms with Crippen LogP contribution in [0.2, 0.25) is 5.15 Å². The first-order chi connectivity index (χ1) is 9.47. The molecule has 0 bridgehead atoms. The van der Waals surface area contributed by atoms with Crippen molar-refractivity contribution in [3.05, 3.63) is 39.1 Å². The summed E-state index contributed by atoms with van der Waals surface area (Å²) in [6.07, 6.45) is 1.64. The number of hydrogen-bond donors (Lipinski definition) is 1. The number of anilines is 3. The van der Waals surface area contributed by atoms with Crippen molar-refractivity contribution in [2.45, 2.75) is 6.92 Å². The first-order valence-corrected chi connectivity index (χ1v) is 7.02. The Hall–Kier alpha value is -1.66. The van der Waals surface area contributed by atoms with Crippen LogP contribution in [0.25, 0.3) is 0 Å². The van der Waals surface area contributed by atoms with Crippen molar-refractivity contribution in [3.8, 4) is 0 Å². The number of pyridine rings is 2. The van der Waals surface area contributed by atoms with E-state index in [9.17, 15) is 4.79 Å². The molecule has 0 saturated carbocycles. The third-order valence-electron chi connectivity index (χ3n) is 3.12. The van der Waals surface area contributed by atoms with Gasteiger partial charge in [0.05, 0.1) is 11.3 Å². The molecule has 7 heteroatoms. The van der Waals surface area contributed by atoms with E-state index >= 15 is 0 Å². The van der Waals surface area contributed by atoms with Crippen LogP contribution in [0.15, 0.2) is 22.8 Å². The quantitative estimate of drug-likeness (QED) is 0.736. The summed E-state index contributed by atoms with van der Waals surface area (Å²) < 4.78 is 0.744. The summed E-state index contributed by atoms with van der Waals surface area (Å²) in [6.45, 7) is 1.87. The van der Waals surface area contributed by atoms with Crippen molar-refractivity contribution < 1.29 is 4.79 Å². The number of halogens is 2. The highest BCUT2D eigenvalue weighted by Crippen LogP contribution is 2.37. The standard InChI is InChI=1S/C13H10BrClN4O/c1-6-3-9(15)17-12-10(6)18-13(20)8-4-7(14)5-16-11(8)19(12)2/h3-5H,1-2H3,(H,18,20). The van der Waals surface area contributed by atoms with Gasteiger partial charge in [-0.3, -0.25) is 4.79 Å². The molecule has 1 aliphatic heterocycles. The predicted molar refractivity (Wildman–Crippen MR) is 81.9 cm³/mol. The summed E-state index contributed by atoms with van der Waals surface area (Å²) >= 11 is 9.34. The summed E-state index contributed by atoms with van der Waals surface area (Å²) in [4.78, 5) is 22.7. The first-order valence-electron chi connectivity index (χ1n) is 5.85. The van der Waals surface area contributed by atoms with Gasteiger partial charge in [-0.2, -0.15) is 0 Å².